The Labute approximate surface area is 89.4 Å². The maximum absolute atomic E-state index is 11.6. The van der Waals surface area contributed by atoms with Gasteiger partial charge >= 0.3 is 5.97 Å². The number of carbonyl (C=O) groups is 2. The van der Waals surface area contributed by atoms with Gasteiger partial charge in [-0.15, -0.1) is 0 Å². The van der Waals surface area contributed by atoms with E-state index in [2.05, 4.69) is 5.32 Å². The van der Waals surface area contributed by atoms with E-state index >= 15 is 0 Å². The number of carbonyl (C=O) groups excluding carboxylic acids is 1. The lowest BCUT2D eigenvalue weighted by molar-refractivity contribution is -0.133. The molecule has 0 bridgehead atoms. The first-order valence-electron chi connectivity index (χ1n) is 5.24. The molecule has 0 aromatic heterocycles. The topological polar surface area (TPSA) is 66.4 Å². The molecule has 15 heavy (non-hydrogen) atoms. The molecule has 0 heterocycles. The number of rotatable bonds is 3. The maximum atomic E-state index is 11.6. The third kappa shape index (κ3) is 3.08. The summed E-state index contributed by atoms with van der Waals surface area (Å²) in [4.78, 5) is 22.3. The van der Waals surface area contributed by atoms with Crippen molar-refractivity contribution in [1.29, 1.82) is 0 Å². The summed E-state index contributed by atoms with van der Waals surface area (Å²) in [5.74, 6) is -1.28. The predicted molar refractivity (Wildman–Crippen MR) is 56.4 cm³/mol. The molecular formula is C11H17NO3. The summed E-state index contributed by atoms with van der Waals surface area (Å²) in [7, 11) is 0. The molecule has 1 amide bonds. The van der Waals surface area contributed by atoms with E-state index in [4.69, 9.17) is 5.11 Å². The van der Waals surface area contributed by atoms with Gasteiger partial charge in [-0.2, -0.15) is 0 Å². The van der Waals surface area contributed by atoms with E-state index < -0.39 is 5.97 Å². The molecular weight excluding hydrogens is 194 g/mol. The Morgan fingerprint density at radius 3 is 2.13 bits per heavy atom. The highest BCUT2D eigenvalue weighted by molar-refractivity contribution is 6.01. The van der Waals surface area contributed by atoms with Gasteiger partial charge in [-0.25, -0.2) is 4.79 Å². The minimum absolute atomic E-state index is 0.116. The van der Waals surface area contributed by atoms with Crippen LogP contribution in [0.1, 0.15) is 39.5 Å². The number of carboxylic acids is 1. The first kappa shape index (κ1) is 11.8. The van der Waals surface area contributed by atoms with Gasteiger partial charge in [0.1, 0.15) is 0 Å². The largest absolute Gasteiger partial charge is 0.478 e. The third-order valence-corrected chi connectivity index (χ3v) is 2.91. The SMILES string of the molecule is CC(C(=O)O)=C(C)C(=O)NC1CCCC1. The van der Waals surface area contributed by atoms with Crippen LogP contribution in [-0.2, 0) is 9.59 Å². The van der Waals surface area contributed by atoms with Gasteiger partial charge in [-0.3, -0.25) is 4.79 Å². The second-order valence-corrected chi connectivity index (χ2v) is 4.01. The van der Waals surface area contributed by atoms with Crippen molar-refractivity contribution in [3.05, 3.63) is 11.1 Å². The summed E-state index contributed by atoms with van der Waals surface area (Å²) in [5.41, 5.74) is 0.417. The molecule has 1 rings (SSSR count). The highest BCUT2D eigenvalue weighted by Gasteiger charge is 2.19. The zero-order valence-electron chi connectivity index (χ0n) is 9.17. The summed E-state index contributed by atoms with van der Waals surface area (Å²) in [6.45, 7) is 3.00. The van der Waals surface area contributed by atoms with E-state index in [0.29, 0.717) is 5.57 Å². The number of aliphatic carboxylic acids is 1. The van der Waals surface area contributed by atoms with Gasteiger partial charge in [0.15, 0.2) is 0 Å². The van der Waals surface area contributed by atoms with E-state index in [0.717, 1.165) is 25.7 Å². The van der Waals surface area contributed by atoms with Crippen LogP contribution in [0.15, 0.2) is 11.1 Å². The molecule has 4 heteroatoms. The van der Waals surface area contributed by atoms with Crippen LogP contribution in [0.3, 0.4) is 0 Å². The van der Waals surface area contributed by atoms with Crippen molar-refractivity contribution in [1.82, 2.24) is 5.32 Å². The van der Waals surface area contributed by atoms with E-state index in [-0.39, 0.29) is 17.5 Å². The zero-order chi connectivity index (χ0) is 11.4. The lowest BCUT2D eigenvalue weighted by atomic mass is 10.1. The molecule has 0 saturated heterocycles. The Morgan fingerprint density at radius 1 is 1.13 bits per heavy atom. The van der Waals surface area contributed by atoms with Gasteiger partial charge in [-0.1, -0.05) is 12.8 Å². The summed E-state index contributed by atoms with van der Waals surface area (Å²) in [6, 6.07) is 0.231. The minimum Gasteiger partial charge on any atom is -0.478 e. The first-order valence-corrected chi connectivity index (χ1v) is 5.24. The van der Waals surface area contributed by atoms with Gasteiger partial charge in [0.25, 0.3) is 0 Å². The summed E-state index contributed by atoms with van der Waals surface area (Å²) in [6.07, 6.45) is 4.30. The number of hydrogen-bond acceptors (Lipinski definition) is 2. The van der Waals surface area contributed by atoms with Crippen LogP contribution in [0.5, 0.6) is 0 Å². The Bertz CT molecular complexity index is 301. The van der Waals surface area contributed by atoms with Crippen molar-refractivity contribution in [2.45, 2.75) is 45.6 Å². The Balaban J connectivity index is 2.59. The second kappa shape index (κ2) is 4.96. The molecule has 0 aromatic rings. The van der Waals surface area contributed by atoms with E-state index in [1.165, 1.54) is 6.92 Å². The molecule has 1 fully saturated rings. The van der Waals surface area contributed by atoms with Crippen molar-refractivity contribution in [2.75, 3.05) is 0 Å². The highest BCUT2D eigenvalue weighted by Crippen LogP contribution is 2.18. The van der Waals surface area contributed by atoms with E-state index in [1.807, 2.05) is 0 Å². The van der Waals surface area contributed by atoms with Crippen LogP contribution < -0.4 is 5.32 Å². The number of amides is 1. The van der Waals surface area contributed by atoms with Crippen LogP contribution in [0.25, 0.3) is 0 Å². The standard InChI is InChI=1S/C11H17NO3/c1-7(8(2)11(14)15)10(13)12-9-5-3-4-6-9/h9H,3-6H2,1-2H3,(H,12,13)(H,14,15). The van der Waals surface area contributed by atoms with Crippen LogP contribution in [0.4, 0.5) is 0 Å². The second-order valence-electron chi connectivity index (χ2n) is 4.01. The molecule has 0 unspecified atom stereocenters. The molecule has 0 radical (unpaired) electrons. The van der Waals surface area contributed by atoms with Crippen LogP contribution in [-0.4, -0.2) is 23.0 Å². The average molecular weight is 211 g/mol. The highest BCUT2D eigenvalue weighted by atomic mass is 16.4. The molecule has 0 atom stereocenters. The Morgan fingerprint density at radius 2 is 1.67 bits per heavy atom. The summed E-state index contributed by atoms with van der Waals surface area (Å²) >= 11 is 0. The van der Waals surface area contributed by atoms with Gasteiger partial charge < -0.3 is 10.4 Å². The normalized spacial score (nSPS) is 18.5. The summed E-state index contributed by atoms with van der Waals surface area (Å²) in [5, 5.41) is 11.6. The quantitative estimate of drug-likeness (QED) is 0.694. The minimum atomic E-state index is -1.03. The Kier molecular flexibility index (Phi) is 3.88. The molecule has 0 spiro atoms. The average Bonchev–Trinajstić information content (AvgIpc) is 2.67. The fourth-order valence-electron chi connectivity index (χ4n) is 1.69. The molecule has 0 aromatic carbocycles. The molecule has 1 saturated carbocycles. The van der Waals surface area contributed by atoms with Crippen LogP contribution in [0.2, 0.25) is 0 Å². The number of carboxylic acid groups (broad SMARTS) is 1. The summed E-state index contributed by atoms with van der Waals surface area (Å²) < 4.78 is 0. The van der Waals surface area contributed by atoms with Gasteiger partial charge in [-0.05, 0) is 26.7 Å². The molecule has 4 nitrogen and oxygen atoms in total. The lowest BCUT2D eigenvalue weighted by Crippen LogP contribution is -2.33. The smallest absolute Gasteiger partial charge is 0.331 e. The van der Waals surface area contributed by atoms with Gasteiger partial charge in [0, 0.05) is 17.2 Å². The first-order chi connectivity index (χ1) is 7.02. The maximum Gasteiger partial charge on any atom is 0.331 e. The molecule has 2 N–H and O–H groups in total. The van der Waals surface area contributed by atoms with Crippen molar-refractivity contribution in [2.24, 2.45) is 0 Å². The van der Waals surface area contributed by atoms with Crippen LogP contribution >= 0.6 is 0 Å². The number of hydrogen-bond donors (Lipinski definition) is 2. The van der Waals surface area contributed by atoms with Crippen molar-refractivity contribution in [3.8, 4) is 0 Å². The Hall–Kier alpha value is -1.32. The van der Waals surface area contributed by atoms with Gasteiger partial charge in [0.05, 0.1) is 0 Å². The molecule has 1 aliphatic rings. The zero-order valence-corrected chi connectivity index (χ0v) is 9.17. The molecule has 1 aliphatic carbocycles. The lowest BCUT2D eigenvalue weighted by Gasteiger charge is -2.12. The van der Waals surface area contributed by atoms with Gasteiger partial charge in [0.2, 0.25) is 5.91 Å². The van der Waals surface area contributed by atoms with E-state index in [9.17, 15) is 9.59 Å². The number of nitrogens with one attached hydrogen (secondary N) is 1. The van der Waals surface area contributed by atoms with E-state index in [1.54, 1.807) is 6.92 Å². The third-order valence-electron chi connectivity index (χ3n) is 2.91. The van der Waals surface area contributed by atoms with Crippen molar-refractivity contribution in [3.63, 3.8) is 0 Å². The van der Waals surface area contributed by atoms with Crippen molar-refractivity contribution < 1.29 is 14.7 Å². The van der Waals surface area contributed by atoms with Crippen LogP contribution in [0, 0.1) is 0 Å². The fourth-order valence-corrected chi connectivity index (χ4v) is 1.69. The fraction of sp³-hybridized carbons (Fsp3) is 0.636. The monoisotopic (exact) mass is 211 g/mol. The predicted octanol–water partition coefficient (Wildman–Crippen LogP) is 1.47. The molecule has 84 valence electrons. The molecule has 0 aliphatic heterocycles. The van der Waals surface area contributed by atoms with Crippen molar-refractivity contribution >= 4 is 11.9 Å².